The SMILES string of the molecule is CCCC(CNC(=O)OCC1c2ccccc2-c2ccccc21)C(=O)NC(C(=O)O)C(F)(F)F. The van der Waals surface area contributed by atoms with Crippen LogP contribution < -0.4 is 10.6 Å². The van der Waals surface area contributed by atoms with Crippen molar-refractivity contribution in [3.05, 3.63) is 59.7 Å². The number of carboxylic acid groups (broad SMARTS) is 1. The molecular formula is C24H25F3N2O5. The Morgan fingerprint density at radius 3 is 2.09 bits per heavy atom. The molecule has 2 aromatic rings. The Morgan fingerprint density at radius 1 is 1.03 bits per heavy atom. The molecule has 182 valence electrons. The van der Waals surface area contributed by atoms with E-state index in [0.717, 1.165) is 22.3 Å². The van der Waals surface area contributed by atoms with Gasteiger partial charge in [-0.05, 0) is 28.7 Å². The van der Waals surface area contributed by atoms with Crippen LogP contribution in [0.25, 0.3) is 11.1 Å². The van der Waals surface area contributed by atoms with Crippen LogP contribution in [-0.4, -0.2) is 48.4 Å². The normalized spacial score (nSPS) is 14.5. The number of fused-ring (bicyclic) bond motifs is 3. The van der Waals surface area contributed by atoms with Crippen LogP contribution in [0, 0.1) is 5.92 Å². The highest BCUT2D eigenvalue weighted by Crippen LogP contribution is 2.44. The zero-order valence-electron chi connectivity index (χ0n) is 18.4. The zero-order valence-corrected chi connectivity index (χ0v) is 18.4. The molecule has 34 heavy (non-hydrogen) atoms. The summed E-state index contributed by atoms with van der Waals surface area (Å²) >= 11 is 0. The number of alkyl halides is 3. The number of hydrogen-bond donors (Lipinski definition) is 3. The molecule has 2 atom stereocenters. The smallest absolute Gasteiger partial charge is 0.419 e. The number of rotatable bonds is 9. The summed E-state index contributed by atoms with van der Waals surface area (Å²) in [5, 5.41) is 12.7. The summed E-state index contributed by atoms with van der Waals surface area (Å²) in [6.07, 6.45) is -5.37. The van der Waals surface area contributed by atoms with Gasteiger partial charge in [0.1, 0.15) is 6.61 Å². The van der Waals surface area contributed by atoms with Crippen molar-refractivity contribution in [2.24, 2.45) is 5.92 Å². The lowest BCUT2D eigenvalue weighted by Gasteiger charge is -2.22. The summed E-state index contributed by atoms with van der Waals surface area (Å²) in [7, 11) is 0. The van der Waals surface area contributed by atoms with Crippen LogP contribution in [-0.2, 0) is 14.3 Å². The minimum Gasteiger partial charge on any atom is -0.479 e. The Bertz CT molecular complexity index is 1010. The number of carbonyl (C=O) groups is 3. The van der Waals surface area contributed by atoms with Crippen molar-refractivity contribution >= 4 is 18.0 Å². The van der Waals surface area contributed by atoms with Crippen molar-refractivity contribution in [2.75, 3.05) is 13.2 Å². The first-order chi connectivity index (χ1) is 16.1. The van der Waals surface area contributed by atoms with Gasteiger partial charge in [-0.25, -0.2) is 9.59 Å². The molecule has 0 saturated carbocycles. The molecule has 0 spiro atoms. The van der Waals surface area contributed by atoms with E-state index in [-0.39, 0.29) is 25.5 Å². The maximum Gasteiger partial charge on any atom is 0.419 e. The van der Waals surface area contributed by atoms with Crippen molar-refractivity contribution in [1.29, 1.82) is 0 Å². The number of carbonyl (C=O) groups excluding carboxylic acids is 2. The van der Waals surface area contributed by atoms with Gasteiger partial charge >= 0.3 is 18.2 Å². The van der Waals surface area contributed by atoms with Gasteiger partial charge in [-0.15, -0.1) is 0 Å². The first kappa shape index (κ1) is 25.1. The van der Waals surface area contributed by atoms with Crippen LogP contribution in [0.1, 0.15) is 36.8 Å². The molecule has 0 bridgehead atoms. The molecule has 0 aliphatic heterocycles. The van der Waals surface area contributed by atoms with Gasteiger partial charge in [0.15, 0.2) is 0 Å². The van der Waals surface area contributed by atoms with Crippen LogP contribution >= 0.6 is 0 Å². The predicted molar refractivity (Wildman–Crippen MR) is 117 cm³/mol. The van der Waals surface area contributed by atoms with Crippen molar-refractivity contribution in [3.8, 4) is 11.1 Å². The van der Waals surface area contributed by atoms with Crippen molar-refractivity contribution in [3.63, 3.8) is 0 Å². The van der Waals surface area contributed by atoms with Gasteiger partial charge in [0.05, 0.1) is 5.92 Å². The van der Waals surface area contributed by atoms with Gasteiger partial charge in [-0.3, -0.25) is 4.79 Å². The fraction of sp³-hybridized carbons (Fsp3) is 0.375. The van der Waals surface area contributed by atoms with Crippen LogP contribution in [0.5, 0.6) is 0 Å². The molecule has 7 nitrogen and oxygen atoms in total. The molecule has 0 fully saturated rings. The highest BCUT2D eigenvalue weighted by Gasteiger charge is 2.46. The molecule has 0 aromatic heterocycles. The number of amides is 2. The molecule has 1 aliphatic rings. The van der Waals surface area contributed by atoms with Gasteiger partial charge < -0.3 is 20.5 Å². The summed E-state index contributed by atoms with van der Waals surface area (Å²) in [6.45, 7) is 1.46. The van der Waals surface area contributed by atoms with Gasteiger partial charge in [0, 0.05) is 12.5 Å². The molecule has 1 aliphatic carbocycles. The second-order valence-electron chi connectivity index (χ2n) is 8.01. The third-order valence-electron chi connectivity index (χ3n) is 5.71. The molecule has 0 radical (unpaired) electrons. The number of aliphatic carboxylic acids is 1. The van der Waals surface area contributed by atoms with E-state index in [9.17, 15) is 27.6 Å². The molecule has 2 amide bonds. The topological polar surface area (TPSA) is 105 Å². The van der Waals surface area contributed by atoms with Gasteiger partial charge in [0.25, 0.3) is 0 Å². The average molecular weight is 478 g/mol. The van der Waals surface area contributed by atoms with E-state index in [0.29, 0.717) is 6.42 Å². The maximum absolute atomic E-state index is 12.9. The number of halogens is 3. The first-order valence-corrected chi connectivity index (χ1v) is 10.8. The van der Waals surface area contributed by atoms with E-state index in [2.05, 4.69) is 5.32 Å². The fourth-order valence-corrected chi connectivity index (χ4v) is 4.07. The van der Waals surface area contributed by atoms with Gasteiger partial charge in [0.2, 0.25) is 11.9 Å². The third kappa shape index (κ3) is 5.67. The van der Waals surface area contributed by atoms with Crippen LogP contribution in [0.3, 0.4) is 0 Å². The summed E-state index contributed by atoms with van der Waals surface area (Å²) in [5.74, 6) is -4.53. The number of hydrogen-bond acceptors (Lipinski definition) is 4. The largest absolute Gasteiger partial charge is 0.479 e. The quantitative estimate of drug-likeness (QED) is 0.504. The Morgan fingerprint density at radius 2 is 1.59 bits per heavy atom. The zero-order chi connectivity index (χ0) is 24.9. The summed E-state index contributed by atoms with van der Waals surface area (Å²) in [5.41, 5.74) is 4.16. The van der Waals surface area contributed by atoms with E-state index in [1.165, 1.54) is 5.32 Å². The third-order valence-corrected chi connectivity index (χ3v) is 5.71. The van der Waals surface area contributed by atoms with E-state index in [4.69, 9.17) is 9.84 Å². The first-order valence-electron chi connectivity index (χ1n) is 10.8. The minimum atomic E-state index is -5.14. The Kier molecular flexibility index (Phi) is 7.80. The summed E-state index contributed by atoms with van der Waals surface area (Å²) in [6, 6.07) is 12.5. The van der Waals surface area contributed by atoms with E-state index < -0.39 is 36.1 Å². The molecule has 0 saturated heterocycles. The second kappa shape index (κ2) is 10.6. The van der Waals surface area contributed by atoms with Crippen molar-refractivity contribution < 1.29 is 37.4 Å². The number of carboxylic acids is 1. The Labute approximate surface area is 194 Å². The fourth-order valence-electron chi connectivity index (χ4n) is 4.07. The lowest BCUT2D eigenvalue weighted by molar-refractivity contribution is -0.182. The van der Waals surface area contributed by atoms with Crippen molar-refractivity contribution in [2.45, 2.75) is 37.9 Å². The van der Waals surface area contributed by atoms with Crippen molar-refractivity contribution in [1.82, 2.24) is 10.6 Å². The second-order valence-corrected chi connectivity index (χ2v) is 8.01. The molecular weight excluding hydrogens is 453 g/mol. The van der Waals surface area contributed by atoms with Crippen LogP contribution in [0.15, 0.2) is 48.5 Å². The van der Waals surface area contributed by atoms with Crippen LogP contribution in [0.4, 0.5) is 18.0 Å². The Hall–Kier alpha value is -3.56. The van der Waals surface area contributed by atoms with E-state index in [1.807, 2.05) is 48.5 Å². The molecule has 3 N–H and O–H groups in total. The standard InChI is InChI=1S/C24H25F3N2O5/c1-2-7-14(21(30)29-20(22(31)32)24(25,26)27)12-28-23(33)34-13-19-17-10-5-3-8-15(17)16-9-4-6-11-18(16)19/h3-6,8-11,14,19-20H,2,7,12-13H2,1H3,(H,28,33)(H,29,30)(H,31,32). The minimum absolute atomic E-state index is 0.0413. The monoisotopic (exact) mass is 478 g/mol. The summed E-state index contributed by atoms with van der Waals surface area (Å²) < 4.78 is 44.0. The van der Waals surface area contributed by atoms with Gasteiger partial charge in [-0.1, -0.05) is 61.9 Å². The highest BCUT2D eigenvalue weighted by atomic mass is 19.4. The number of alkyl carbamates (subject to hydrolysis) is 1. The predicted octanol–water partition coefficient (Wildman–Crippen LogP) is 4.07. The molecule has 0 heterocycles. The average Bonchev–Trinajstić information content (AvgIpc) is 3.11. The Balaban J connectivity index is 1.59. The molecule has 2 unspecified atom stereocenters. The number of ether oxygens (including phenoxy) is 1. The number of nitrogens with one attached hydrogen (secondary N) is 2. The van der Waals surface area contributed by atoms with Gasteiger partial charge in [-0.2, -0.15) is 13.2 Å². The lowest BCUT2D eigenvalue weighted by atomic mass is 9.98. The molecule has 10 heteroatoms. The van der Waals surface area contributed by atoms with Crippen LogP contribution in [0.2, 0.25) is 0 Å². The number of benzene rings is 2. The van der Waals surface area contributed by atoms with E-state index >= 15 is 0 Å². The highest BCUT2D eigenvalue weighted by molar-refractivity contribution is 5.86. The molecule has 2 aromatic carbocycles. The van der Waals surface area contributed by atoms with E-state index in [1.54, 1.807) is 6.92 Å². The lowest BCUT2D eigenvalue weighted by Crippen LogP contribution is -2.53. The molecule has 3 rings (SSSR count). The summed E-state index contributed by atoms with van der Waals surface area (Å²) in [4.78, 5) is 35.5. The maximum atomic E-state index is 12.9.